The summed E-state index contributed by atoms with van der Waals surface area (Å²) in [4.78, 5) is 41.1. The molecule has 2 aliphatic heterocycles. The first-order chi connectivity index (χ1) is 18.1. The van der Waals surface area contributed by atoms with E-state index in [2.05, 4.69) is 9.97 Å². The summed E-state index contributed by atoms with van der Waals surface area (Å²) in [6.45, 7) is 3.24. The van der Waals surface area contributed by atoms with Crippen molar-refractivity contribution in [1.82, 2.24) is 14.9 Å². The molecule has 0 spiro atoms. The molecule has 0 unspecified atom stereocenters. The van der Waals surface area contributed by atoms with Gasteiger partial charge >= 0.3 is 24.3 Å². The lowest BCUT2D eigenvalue weighted by Gasteiger charge is -2.40. The molecule has 0 aromatic carbocycles. The van der Waals surface area contributed by atoms with E-state index in [0.29, 0.717) is 24.7 Å². The zero-order chi connectivity index (χ0) is 29.4. The Morgan fingerprint density at radius 1 is 0.974 bits per heavy atom. The number of hydrogen-bond donors (Lipinski definition) is 2. The summed E-state index contributed by atoms with van der Waals surface area (Å²) in [5.41, 5.74) is 1.53. The molecule has 2 aromatic heterocycles. The molecule has 0 radical (unpaired) electrons. The number of ether oxygens (including phenoxy) is 2. The average Bonchev–Trinajstić information content (AvgIpc) is 3.35. The summed E-state index contributed by atoms with van der Waals surface area (Å²) in [7, 11) is 0. The summed E-state index contributed by atoms with van der Waals surface area (Å²) in [5.74, 6) is -4.95. The second-order valence-corrected chi connectivity index (χ2v) is 8.13. The van der Waals surface area contributed by atoms with Crippen LogP contribution in [0.3, 0.4) is 0 Å². The molecule has 214 valence electrons. The number of rotatable bonds is 3. The number of aromatic nitrogens is 2. The molecule has 0 saturated carbocycles. The van der Waals surface area contributed by atoms with E-state index in [9.17, 15) is 31.1 Å². The van der Waals surface area contributed by atoms with Crippen LogP contribution in [0.15, 0.2) is 42.7 Å². The third-order valence-corrected chi connectivity index (χ3v) is 5.31. The normalized spacial score (nSPS) is 20.4. The number of halogens is 6. The van der Waals surface area contributed by atoms with Crippen molar-refractivity contribution in [3.05, 3.63) is 54.0 Å². The average molecular weight is 567 g/mol. The number of carbonyl (C=O) groups excluding carboxylic acids is 1. The fraction of sp³-hybridized carbons (Fsp3) is 0.435. The minimum Gasteiger partial charge on any atom is -0.475 e. The minimum absolute atomic E-state index is 0.0260. The van der Waals surface area contributed by atoms with E-state index in [1.165, 1.54) is 0 Å². The molecule has 39 heavy (non-hydrogen) atoms. The Hall–Kier alpha value is -3.95. The van der Waals surface area contributed by atoms with Gasteiger partial charge in [0.05, 0.1) is 6.04 Å². The van der Waals surface area contributed by atoms with Crippen molar-refractivity contribution >= 4 is 17.8 Å². The second-order valence-electron chi connectivity index (χ2n) is 8.13. The lowest BCUT2D eigenvalue weighted by atomic mass is 9.95. The van der Waals surface area contributed by atoms with Crippen molar-refractivity contribution in [1.29, 1.82) is 0 Å². The highest BCUT2D eigenvalue weighted by Crippen LogP contribution is 2.31. The van der Waals surface area contributed by atoms with E-state index < -0.39 is 24.3 Å². The smallest absolute Gasteiger partial charge is 0.475 e. The van der Waals surface area contributed by atoms with Gasteiger partial charge in [0.25, 0.3) is 5.91 Å². The first-order valence-electron chi connectivity index (χ1n) is 11.1. The molecule has 2 aromatic rings. The number of pyridine rings is 2. The fourth-order valence-corrected chi connectivity index (χ4v) is 3.58. The summed E-state index contributed by atoms with van der Waals surface area (Å²) in [6.07, 6.45) is -5.39. The van der Waals surface area contributed by atoms with Crippen LogP contribution in [-0.4, -0.2) is 86.7 Å². The number of piperidine rings is 1. The predicted octanol–water partition coefficient (Wildman–Crippen LogP) is 3.50. The van der Waals surface area contributed by atoms with Gasteiger partial charge in [0.1, 0.15) is 17.9 Å². The quantitative estimate of drug-likeness (QED) is 0.534. The molecule has 10 nitrogen and oxygen atoms in total. The Morgan fingerprint density at radius 2 is 1.59 bits per heavy atom. The van der Waals surface area contributed by atoms with Crippen molar-refractivity contribution in [2.75, 3.05) is 13.2 Å². The molecule has 0 bridgehead atoms. The molecule has 2 aliphatic rings. The van der Waals surface area contributed by atoms with E-state index >= 15 is 0 Å². The molecule has 3 atom stereocenters. The zero-order valence-electron chi connectivity index (χ0n) is 20.1. The highest BCUT2D eigenvalue weighted by atomic mass is 19.4. The Bertz CT molecular complexity index is 1090. The van der Waals surface area contributed by atoms with E-state index in [-0.39, 0.29) is 24.2 Å². The van der Waals surface area contributed by atoms with Gasteiger partial charge in [-0.15, -0.1) is 0 Å². The lowest BCUT2D eigenvalue weighted by molar-refractivity contribution is -0.193. The number of alkyl halides is 6. The van der Waals surface area contributed by atoms with Crippen LogP contribution in [0.2, 0.25) is 0 Å². The zero-order valence-corrected chi connectivity index (χ0v) is 20.1. The van der Waals surface area contributed by atoms with Crippen molar-refractivity contribution in [2.24, 2.45) is 0 Å². The van der Waals surface area contributed by atoms with E-state index in [1.807, 2.05) is 36.1 Å². The number of likely N-dealkylation sites (tertiary alicyclic amines) is 1. The highest BCUT2D eigenvalue weighted by Gasteiger charge is 2.45. The van der Waals surface area contributed by atoms with E-state index in [1.54, 1.807) is 18.5 Å². The number of carbonyl (C=O) groups is 3. The number of fused-ring (bicyclic) bond motifs is 1. The molecule has 0 aliphatic carbocycles. The van der Waals surface area contributed by atoms with Gasteiger partial charge in [-0.3, -0.25) is 9.78 Å². The van der Waals surface area contributed by atoms with Gasteiger partial charge in [0.15, 0.2) is 0 Å². The maximum atomic E-state index is 12.9. The van der Waals surface area contributed by atoms with Crippen LogP contribution >= 0.6 is 0 Å². The minimum atomic E-state index is -5.08. The van der Waals surface area contributed by atoms with Crippen LogP contribution in [-0.2, 0) is 14.3 Å². The molecule has 2 fully saturated rings. The molecule has 4 rings (SSSR count). The Morgan fingerprint density at radius 3 is 2.08 bits per heavy atom. The second kappa shape index (κ2) is 13.2. The Labute approximate surface area is 217 Å². The summed E-state index contributed by atoms with van der Waals surface area (Å²) in [5, 5.41) is 14.2. The summed E-state index contributed by atoms with van der Waals surface area (Å²) >= 11 is 0. The molecular weight excluding hydrogens is 544 g/mol. The first-order valence-corrected chi connectivity index (χ1v) is 11.1. The van der Waals surface area contributed by atoms with E-state index in [0.717, 1.165) is 18.4 Å². The van der Waals surface area contributed by atoms with Gasteiger partial charge in [0, 0.05) is 38.0 Å². The SMILES string of the molecule is Cc1ccc(C(=O)N2CC[C@@H](Oc3ccccn3)[C@H]3OCC[C@@H]32)nc1.O=C(O)C(F)(F)F.O=C(O)C(F)(F)F. The topological polar surface area (TPSA) is 139 Å². The van der Waals surface area contributed by atoms with Crippen molar-refractivity contribution in [2.45, 2.75) is 50.4 Å². The molecule has 16 heteroatoms. The van der Waals surface area contributed by atoms with Gasteiger partial charge in [-0.25, -0.2) is 14.6 Å². The van der Waals surface area contributed by atoms with Crippen LogP contribution < -0.4 is 4.74 Å². The number of aliphatic carboxylic acids is 2. The molecule has 1 amide bonds. The van der Waals surface area contributed by atoms with Crippen LogP contribution in [0.4, 0.5) is 26.3 Å². The van der Waals surface area contributed by atoms with Crippen LogP contribution in [0.25, 0.3) is 0 Å². The maximum absolute atomic E-state index is 12.9. The molecule has 4 heterocycles. The maximum Gasteiger partial charge on any atom is 0.490 e. The van der Waals surface area contributed by atoms with Crippen LogP contribution in [0.5, 0.6) is 5.88 Å². The van der Waals surface area contributed by atoms with Gasteiger partial charge in [-0.1, -0.05) is 12.1 Å². The monoisotopic (exact) mass is 567 g/mol. The van der Waals surface area contributed by atoms with Gasteiger partial charge in [-0.05, 0) is 31.0 Å². The number of carboxylic acids is 2. The standard InChI is InChI=1S/C19H21N3O3.2C2HF3O2/c1-13-5-6-14(21-12-13)19(23)22-10-7-16(18-15(22)8-11-24-18)25-17-4-2-3-9-20-17;2*3-2(4,5)1(6)7/h2-6,9,12,15-16,18H,7-8,10-11H2,1H3;2*(H,6,7)/t15-,16+,18-;;/m0../s1. The first kappa shape index (κ1) is 31.3. The third-order valence-electron chi connectivity index (χ3n) is 5.31. The lowest BCUT2D eigenvalue weighted by Crippen LogP contribution is -2.56. The summed E-state index contributed by atoms with van der Waals surface area (Å²) in [6, 6.07) is 9.34. The van der Waals surface area contributed by atoms with Crippen LogP contribution in [0.1, 0.15) is 28.9 Å². The summed E-state index contributed by atoms with van der Waals surface area (Å²) < 4.78 is 75.4. The van der Waals surface area contributed by atoms with Crippen molar-refractivity contribution < 1.29 is 60.4 Å². The number of amides is 1. The number of aryl methyl sites for hydroxylation is 1. The number of hydrogen-bond acceptors (Lipinski definition) is 7. The van der Waals surface area contributed by atoms with Gasteiger partial charge in [-0.2, -0.15) is 26.3 Å². The number of carboxylic acid groups (broad SMARTS) is 2. The Balaban J connectivity index is 0.000000317. The van der Waals surface area contributed by atoms with Gasteiger partial charge < -0.3 is 24.6 Å². The van der Waals surface area contributed by atoms with Crippen molar-refractivity contribution in [3.8, 4) is 5.88 Å². The van der Waals surface area contributed by atoms with Crippen molar-refractivity contribution in [3.63, 3.8) is 0 Å². The predicted molar refractivity (Wildman–Crippen MR) is 119 cm³/mol. The molecule has 2 N–H and O–H groups in total. The largest absolute Gasteiger partial charge is 0.490 e. The van der Waals surface area contributed by atoms with Crippen LogP contribution in [0, 0.1) is 6.92 Å². The number of nitrogens with zero attached hydrogens (tertiary/aromatic N) is 3. The highest BCUT2D eigenvalue weighted by molar-refractivity contribution is 5.92. The van der Waals surface area contributed by atoms with E-state index in [4.69, 9.17) is 29.3 Å². The fourth-order valence-electron chi connectivity index (χ4n) is 3.58. The Kier molecular flexibility index (Phi) is 10.6. The third kappa shape index (κ3) is 9.38. The van der Waals surface area contributed by atoms with Gasteiger partial charge in [0.2, 0.25) is 5.88 Å². The molecular formula is C23H23F6N3O7. The molecule has 2 saturated heterocycles.